The third-order valence-corrected chi connectivity index (χ3v) is 5.17. The van der Waals surface area contributed by atoms with E-state index in [2.05, 4.69) is 83.2 Å². The molecule has 5 heteroatoms. The van der Waals surface area contributed by atoms with Crippen molar-refractivity contribution in [3.63, 3.8) is 0 Å². The maximum absolute atomic E-state index is 4.96. The smallest absolute Gasteiger partial charge is 0.178 e. The summed E-state index contributed by atoms with van der Waals surface area (Å²) in [6, 6.07) is 12.6. The molecular weight excluding hydrogens is 334 g/mol. The number of rotatable bonds is 5. The number of hydrogen-bond donors (Lipinski definition) is 0. The molecule has 5 nitrogen and oxygen atoms in total. The van der Waals surface area contributed by atoms with Gasteiger partial charge in [0.25, 0.3) is 0 Å². The fourth-order valence-corrected chi connectivity index (χ4v) is 3.66. The lowest BCUT2D eigenvalue weighted by molar-refractivity contribution is 0.128. The van der Waals surface area contributed by atoms with E-state index in [0.29, 0.717) is 0 Å². The maximum Gasteiger partial charge on any atom is 0.178 e. The van der Waals surface area contributed by atoms with Crippen LogP contribution in [0.5, 0.6) is 0 Å². The maximum atomic E-state index is 4.96. The van der Waals surface area contributed by atoms with Gasteiger partial charge in [-0.1, -0.05) is 18.2 Å². The second-order valence-corrected chi connectivity index (χ2v) is 7.09. The van der Waals surface area contributed by atoms with Crippen molar-refractivity contribution >= 4 is 16.6 Å². The molecule has 1 aliphatic rings. The van der Waals surface area contributed by atoms with Crippen LogP contribution in [-0.2, 0) is 13.5 Å². The second-order valence-electron chi connectivity index (χ2n) is 7.09. The van der Waals surface area contributed by atoms with Crippen molar-refractivity contribution in [1.29, 1.82) is 0 Å². The van der Waals surface area contributed by atoms with Gasteiger partial charge in [-0.15, -0.1) is 0 Å². The number of likely N-dealkylation sites (N-methyl/N-ethyl adjacent to an activating group) is 1. The van der Waals surface area contributed by atoms with Crippen LogP contribution in [0.25, 0.3) is 10.9 Å². The van der Waals surface area contributed by atoms with Gasteiger partial charge in [-0.05, 0) is 43.3 Å². The molecule has 3 heterocycles. The minimum atomic E-state index is -0.00635. The number of nitrogens with zero attached hydrogens (tertiary/aromatic N) is 5. The van der Waals surface area contributed by atoms with Crippen LogP contribution < -0.4 is 0 Å². The van der Waals surface area contributed by atoms with E-state index in [1.54, 1.807) is 0 Å². The second kappa shape index (κ2) is 7.37. The fraction of sp³-hybridized carbons (Fsp3) is 0.273. The normalized spacial score (nSPS) is 17.0. The van der Waals surface area contributed by atoms with Crippen LogP contribution in [-0.4, -0.2) is 52.0 Å². The van der Waals surface area contributed by atoms with Crippen LogP contribution in [0.1, 0.15) is 11.1 Å². The SMILES string of the molecule is CN1C=CC(c2ccncc2)=NC1N(C)CCc1cn(C)c2ccccc12. The average molecular weight is 359 g/mol. The zero-order chi connectivity index (χ0) is 18.8. The van der Waals surface area contributed by atoms with E-state index in [-0.39, 0.29) is 6.29 Å². The number of fused-ring (bicyclic) bond motifs is 1. The van der Waals surface area contributed by atoms with Gasteiger partial charge in [0.15, 0.2) is 6.29 Å². The number of allylic oxidation sites excluding steroid dienone is 1. The highest BCUT2D eigenvalue weighted by Crippen LogP contribution is 2.21. The Morgan fingerprint density at radius 1 is 1.07 bits per heavy atom. The molecule has 0 bridgehead atoms. The summed E-state index contributed by atoms with van der Waals surface area (Å²) in [5.41, 5.74) is 4.76. The van der Waals surface area contributed by atoms with E-state index in [1.807, 2.05) is 24.5 Å². The molecule has 0 spiro atoms. The van der Waals surface area contributed by atoms with Gasteiger partial charge in [0.05, 0.1) is 5.71 Å². The molecule has 0 aliphatic carbocycles. The first kappa shape index (κ1) is 17.5. The summed E-state index contributed by atoms with van der Waals surface area (Å²) in [6.45, 7) is 0.935. The molecule has 2 aromatic heterocycles. The predicted molar refractivity (Wildman–Crippen MR) is 111 cm³/mol. The van der Waals surface area contributed by atoms with E-state index >= 15 is 0 Å². The molecule has 0 radical (unpaired) electrons. The summed E-state index contributed by atoms with van der Waals surface area (Å²) in [5.74, 6) is 0. The van der Waals surface area contributed by atoms with Crippen molar-refractivity contribution in [2.45, 2.75) is 12.7 Å². The third-order valence-electron chi connectivity index (χ3n) is 5.17. The molecule has 0 N–H and O–H groups in total. The minimum Gasteiger partial charge on any atom is -0.350 e. The Kier molecular flexibility index (Phi) is 4.77. The zero-order valence-corrected chi connectivity index (χ0v) is 16.1. The van der Waals surface area contributed by atoms with Crippen LogP contribution >= 0.6 is 0 Å². The molecule has 1 aliphatic heterocycles. The van der Waals surface area contributed by atoms with Gasteiger partial charge in [-0.2, -0.15) is 0 Å². The largest absolute Gasteiger partial charge is 0.350 e. The van der Waals surface area contributed by atoms with E-state index < -0.39 is 0 Å². The molecular formula is C22H25N5. The highest BCUT2D eigenvalue weighted by Gasteiger charge is 2.21. The van der Waals surface area contributed by atoms with E-state index in [4.69, 9.17) is 4.99 Å². The summed E-state index contributed by atoms with van der Waals surface area (Å²) in [7, 11) is 6.32. The summed E-state index contributed by atoms with van der Waals surface area (Å²) in [6.07, 6.45) is 11.0. The van der Waals surface area contributed by atoms with E-state index in [9.17, 15) is 0 Å². The Bertz CT molecular complexity index is 986. The number of aromatic nitrogens is 2. The molecule has 1 atom stereocenters. The molecule has 27 heavy (non-hydrogen) atoms. The Morgan fingerprint density at radius 2 is 1.85 bits per heavy atom. The first-order valence-electron chi connectivity index (χ1n) is 9.25. The predicted octanol–water partition coefficient (Wildman–Crippen LogP) is 3.28. The van der Waals surface area contributed by atoms with Crippen LogP contribution in [0.2, 0.25) is 0 Å². The summed E-state index contributed by atoms with van der Waals surface area (Å²) >= 11 is 0. The third kappa shape index (κ3) is 3.51. The van der Waals surface area contributed by atoms with Gasteiger partial charge < -0.3 is 9.47 Å². The number of hydrogen-bond acceptors (Lipinski definition) is 4. The monoisotopic (exact) mass is 359 g/mol. The van der Waals surface area contributed by atoms with E-state index in [0.717, 1.165) is 24.2 Å². The topological polar surface area (TPSA) is 36.7 Å². The van der Waals surface area contributed by atoms with Crippen molar-refractivity contribution in [2.24, 2.45) is 12.0 Å². The van der Waals surface area contributed by atoms with Crippen LogP contribution in [0.3, 0.4) is 0 Å². The summed E-state index contributed by atoms with van der Waals surface area (Å²) in [5, 5.41) is 1.34. The van der Waals surface area contributed by atoms with Gasteiger partial charge in [-0.25, -0.2) is 4.99 Å². The standard InChI is InChI=1S/C22H25N5/c1-25(14-10-18-16-27(3)21-7-5-4-6-19(18)21)22-24-20(11-15-26(22)2)17-8-12-23-13-9-17/h4-9,11-13,15-16,22H,10,14H2,1-3H3. The Morgan fingerprint density at radius 3 is 2.67 bits per heavy atom. The van der Waals surface area contributed by atoms with Crippen molar-refractivity contribution in [3.8, 4) is 0 Å². The average Bonchev–Trinajstić information content (AvgIpc) is 3.03. The number of benzene rings is 1. The summed E-state index contributed by atoms with van der Waals surface area (Å²) in [4.78, 5) is 13.5. The molecule has 4 rings (SSSR count). The molecule has 3 aromatic rings. The lowest BCUT2D eigenvalue weighted by Crippen LogP contribution is -2.43. The Hall–Kier alpha value is -2.92. The van der Waals surface area contributed by atoms with E-state index in [1.165, 1.54) is 16.5 Å². The highest BCUT2D eigenvalue weighted by molar-refractivity contribution is 6.08. The number of aryl methyl sites for hydroxylation is 1. The van der Waals surface area contributed by atoms with Gasteiger partial charge in [0.1, 0.15) is 0 Å². The highest BCUT2D eigenvalue weighted by atomic mass is 15.4. The molecule has 0 saturated heterocycles. The Labute approximate surface area is 160 Å². The number of para-hydroxylation sites is 1. The molecule has 0 fully saturated rings. The fourth-order valence-electron chi connectivity index (χ4n) is 3.66. The van der Waals surface area contributed by atoms with Crippen molar-refractivity contribution in [3.05, 3.63) is 78.4 Å². The van der Waals surface area contributed by atoms with Gasteiger partial charge in [0, 0.05) is 61.9 Å². The zero-order valence-electron chi connectivity index (χ0n) is 16.1. The molecule has 138 valence electrons. The van der Waals surface area contributed by atoms with Gasteiger partial charge in [-0.3, -0.25) is 9.88 Å². The van der Waals surface area contributed by atoms with Crippen LogP contribution in [0.15, 0.2) is 72.3 Å². The molecule has 1 aromatic carbocycles. The van der Waals surface area contributed by atoms with Crippen LogP contribution in [0, 0.1) is 0 Å². The number of pyridine rings is 1. The van der Waals surface area contributed by atoms with Crippen molar-refractivity contribution in [1.82, 2.24) is 19.4 Å². The lowest BCUT2D eigenvalue weighted by Gasteiger charge is -2.34. The molecule has 1 unspecified atom stereocenters. The first-order valence-corrected chi connectivity index (χ1v) is 9.25. The molecule has 0 saturated carbocycles. The molecule has 0 amide bonds. The van der Waals surface area contributed by atoms with Gasteiger partial charge >= 0.3 is 0 Å². The summed E-state index contributed by atoms with van der Waals surface area (Å²) < 4.78 is 2.21. The Balaban J connectivity index is 1.51. The van der Waals surface area contributed by atoms with Crippen molar-refractivity contribution < 1.29 is 0 Å². The lowest BCUT2D eigenvalue weighted by atomic mass is 10.1. The van der Waals surface area contributed by atoms with Gasteiger partial charge in [0.2, 0.25) is 0 Å². The first-order chi connectivity index (χ1) is 13.1. The van der Waals surface area contributed by atoms with Crippen LogP contribution in [0.4, 0.5) is 0 Å². The van der Waals surface area contributed by atoms with Crippen molar-refractivity contribution in [2.75, 3.05) is 20.6 Å². The number of aliphatic imine (C=N–C) groups is 1. The quantitative estimate of drug-likeness (QED) is 0.701. The minimum absolute atomic E-state index is 0.00635.